The van der Waals surface area contributed by atoms with Crippen LogP contribution in [0, 0.1) is 0 Å². The van der Waals surface area contributed by atoms with Crippen LogP contribution in [0.1, 0.15) is 124 Å². The Bertz CT molecular complexity index is 341. The van der Waals surface area contributed by atoms with Gasteiger partial charge in [-0.05, 0) is 32.6 Å². The molecule has 1 atom stereocenters. The van der Waals surface area contributed by atoms with Crippen molar-refractivity contribution in [1.82, 2.24) is 0 Å². The minimum atomic E-state index is -1.44. The number of hydrogen-bond acceptors (Lipinski definition) is 4. The molecule has 0 aliphatic carbocycles. The van der Waals surface area contributed by atoms with E-state index in [1.807, 2.05) is 7.11 Å². The van der Waals surface area contributed by atoms with E-state index >= 15 is 0 Å². The fourth-order valence-corrected chi connectivity index (χ4v) is 3.45. The van der Waals surface area contributed by atoms with Gasteiger partial charge in [-0.15, -0.1) is 0 Å². The van der Waals surface area contributed by atoms with Gasteiger partial charge < -0.3 is 15.0 Å². The molecule has 0 saturated heterocycles. The maximum absolute atomic E-state index is 9.34. The molecule has 0 aromatic heterocycles. The second-order valence-corrected chi connectivity index (χ2v) is 8.87. The fourth-order valence-electron chi connectivity index (χ4n) is 3.45. The predicted octanol–water partition coefficient (Wildman–Crippen LogP) is 5.39. The highest BCUT2D eigenvalue weighted by atomic mass is 16.7. The van der Waals surface area contributed by atoms with Crippen LogP contribution in [-0.4, -0.2) is 49.1 Å². The van der Waals surface area contributed by atoms with Crippen molar-refractivity contribution in [2.75, 3.05) is 27.2 Å². The lowest BCUT2D eigenvalue weighted by Crippen LogP contribution is -2.44. The molecule has 0 bridgehead atoms. The molecule has 0 amide bonds. The van der Waals surface area contributed by atoms with Crippen molar-refractivity contribution in [3.8, 4) is 0 Å². The highest BCUT2D eigenvalue weighted by Crippen LogP contribution is 2.14. The van der Waals surface area contributed by atoms with Gasteiger partial charge in [0.05, 0.1) is 26.2 Å². The molecule has 0 aliphatic heterocycles. The second-order valence-electron chi connectivity index (χ2n) is 8.87. The number of aliphatic hydroxyl groups is 1. The maximum atomic E-state index is 9.34. The number of nitrogens with zero attached hydrogens (tertiary/aromatic N) is 1. The minimum Gasteiger partial charge on any atom is -0.547 e. The molecular weight excluding hydrogens is 378 g/mol. The number of unbranched alkanes of at least 4 members (excludes halogenated alkanes) is 14. The summed E-state index contributed by atoms with van der Waals surface area (Å²) in [6.07, 6.45) is 21.0. The summed E-state index contributed by atoms with van der Waals surface area (Å²) < 4.78 is 0.811. The SMILES string of the molecule is CC(O)C(=O)[O-].CCCCCCCCCC[N+](C)(CCCCCCCCCC)OC. The van der Waals surface area contributed by atoms with E-state index < -0.39 is 12.1 Å². The van der Waals surface area contributed by atoms with Gasteiger partial charge in [-0.1, -0.05) is 90.9 Å². The third-order valence-electron chi connectivity index (χ3n) is 5.75. The van der Waals surface area contributed by atoms with E-state index in [-0.39, 0.29) is 0 Å². The fraction of sp³-hybridized carbons (Fsp3) is 0.960. The van der Waals surface area contributed by atoms with Crippen LogP contribution in [-0.2, 0) is 9.63 Å². The maximum Gasteiger partial charge on any atom is 0.109 e. The Hall–Kier alpha value is -0.650. The van der Waals surface area contributed by atoms with Crippen LogP contribution in [0.5, 0.6) is 0 Å². The zero-order chi connectivity index (χ0) is 23.1. The third-order valence-corrected chi connectivity index (χ3v) is 5.75. The predicted molar refractivity (Wildman–Crippen MR) is 125 cm³/mol. The van der Waals surface area contributed by atoms with Crippen LogP contribution in [0.4, 0.5) is 0 Å². The van der Waals surface area contributed by atoms with Gasteiger partial charge in [-0.2, -0.15) is 4.65 Å². The third kappa shape index (κ3) is 23.6. The first-order valence-electron chi connectivity index (χ1n) is 12.6. The topological polar surface area (TPSA) is 69.6 Å². The molecule has 5 nitrogen and oxygen atoms in total. The molecule has 0 radical (unpaired) electrons. The molecule has 30 heavy (non-hydrogen) atoms. The average molecular weight is 432 g/mol. The molecular formula is C25H53NO4. The quantitative estimate of drug-likeness (QED) is 0.159. The number of carbonyl (C=O) groups excluding carboxylic acids is 1. The molecule has 182 valence electrons. The number of quaternary nitrogens is 1. The van der Waals surface area contributed by atoms with Crippen molar-refractivity contribution in [3.05, 3.63) is 0 Å². The van der Waals surface area contributed by atoms with Crippen LogP contribution in [0.3, 0.4) is 0 Å². The summed E-state index contributed by atoms with van der Waals surface area (Å²) in [4.78, 5) is 15.1. The van der Waals surface area contributed by atoms with Crippen molar-refractivity contribution in [1.29, 1.82) is 0 Å². The summed E-state index contributed by atoms with van der Waals surface area (Å²) in [6.45, 7) is 8.07. The van der Waals surface area contributed by atoms with Crippen molar-refractivity contribution in [3.63, 3.8) is 0 Å². The molecule has 5 heteroatoms. The summed E-state index contributed by atoms with van der Waals surface area (Å²) in [5.74, 6) is -1.44. The summed E-state index contributed by atoms with van der Waals surface area (Å²) >= 11 is 0. The minimum absolute atomic E-state index is 0.811. The molecule has 0 aromatic rings. The molecule has 0 spiro atoms. The van der Waals surface area contributed by atoms with Gasteiger partial charge in [0.1, 0.15) is 13.1 Å². The lowest BCUT2D eigenvalue weighted by Gasteiger charge is -2.30. The number of aliphatic carboxylic acids is 1. The Morgan fingerprint density at radius 2 is 1.03 bits per heavy atom. The number of carboxylic acids is 1. The van der Waals surface area contributed by atoms with Crippen LogP contribution >= 0.6 is 0 Å². The van der Waals surface area contributed by atoms with Gasteiger partial charge in [-0.25, -0.2) is 4.84 Å². The first kappa shape index (κ1) is 31.5. The Labute approximate surface area is 187 Å². The van der Waals surface area contributed by atoms with E-state index in [9.17, 15) is 9.90 Å². The van der Waals surface area contributed by atoms with Gasteiger partial charge in [0.15, 0.2) is 0 Å². The molecule has 0 rings (SSSR count). The van der Waals surface area contributed by atoms with Crippen LogP contribution in [0.15, 0.2) is 0 Å². The van der Waals surface area contributed by atoms with Gasteiger partial charge in [0.2, 0.25) is 0 Å². The Kier molecular flexibility index (Phi) is 24.2. The van der Waals surface area contributed by atoms with E-state index in [0.717, 1.165) is 11.6 Å². The lowest BCUT2D eigenvalue weighted by atomic mass is 10.1. The Morgan fingerprint density at radius 1 is 0.767 bits per heavy atom. The van der Waals surface area contributed by atoms with Crippen LogP contribution in [0.25, 0.3) is 0 Å². The lowest BCUT2D eigenvalue weighted by molar-refractivity contribution is -1.09. The number of carboxylic acid groups (broad SMARTS) is 1. The molecule has 1 unspecified atom stereocenters. The standard InChI is InChI=1S/C22H48NO.C3H6O3/c1-5-7-9-11-13-15-17-19-21-23(3,24-4)22-20-18-16-14-12-10-8-6-2;1-2(4)3(5)6/h5-22H2,1-4H3;2,4H,1H3,(H,5,6)/q+1;/p-1. The van der Waals surface area contributed by atoms with E-state index in [1.165, 1.54) is 116 Å². The van der Waals surface area contributed by atoms with Gasteiger partial charge >= 0.3 is 0 Å². The summed E-state index contributed by atoms with van der Waals surface area (Å²) in [7, 11) is 4.15. The van der Waals surface area contributed by atoms with E-state index in [4.69, 9.17) is 9.94 Å². The molecule has 0 fully saturated rings. The van der Waals surface area contributed by atoms with Gasteiger partial charge in [-0.3, -0.25) is 0 Å². The molecule has 1 N–H and O–H groups in total. The second kappa shape index (κ2) is 23.0. The zero-order valence-corrected chi connectivity index (χ0v) is 20.9. The smallest absolute Gasteiger partial charge is 0.109 e. The number of carbonyl (C=O) groups is 1. The van der Waals surface area contributed by atoms with Crippen molar-refractivity contribution < 1.29 is 24.5 Å². The molecule has 0 heterocycles. The van der Waals surface area contributed by atoms with Crippen LogP contribution in [0.2, 0.25) is 0 Å². The van der Waals surface area contributed by atoms with Crippen molar-refractivity contribution in [2.24, 2.45) is 0 Å². The van der Waals surface area contributed by atoms with E-state index in [2.05, 4.69) is 20.9 Å². The first-order chi connectivity index (χ1) is 14.3. The zero-order valence-electron chi connectivity index (χ0n) is 20.9. The number of hydroxylamine groups is 3. The number of rotatable bonds is 20. The highest BCUT2D eigenvalue weighted by Gasteiger charge is 2.20. The van der Waals surface area contributed by atoms with Crippen molar-refractivity contribution in [2.45, 2.75) is 130 Å². The highest BCUT2D eigenvalue weighted by molar-refractivity contribution is 5.68. The van der Waals surface area contributed by atoms with Crippen molar-refractivity contribution >= 4 is 5.97 Å². The molecule has 0 aliphatic rings. The Balaban J connectivity index is 0. The summed E-state index contributed by atoms with van der Waals surface area (Å²) in [6, 6.07) is 0. The monoisotopic (exact) mass is 431 g/mol. The number of aliphatic hydroxyl groups excluding tert-OH is 1. The molecule has 0 aromatic carbocycles. The van der Waals surface area contributed by atoms with Gasteiger partial charge in [0.25, 0.3) is 0 Å². The molecule has 0 saturated carbocycles. The normalized spacial score (nSPS) is 12.3. The Morgan fingerprint density at radius 3 is 1.27 bits per heavy atom. The largest absolute Gasteiger partial charge is 0.547 e. The van der Waals surface area contributed by atoms with E-state index in [1.54, 1.807) is 0 Å². The number of hydrogen-bond donors (Lipinski definition) is 1. The summed E-state index contributed by atoms with van der Waals surface area (Å²) in [5.41, 5.74) is 0. The van der Waals surface area contributed by atoms with E-state index in [0.29, 0.717) is 0 Å². The summed E-state index contributed by atoms with van der Waals surface area (Å²) in [5, 5.41) is 17.3. The first-order valence-corrected chi connectivity index (χ1v) is 12.6. The van der Waals surface area contributed by atoms with Crippen LogP contribution < -0.4 is 5.11 Å². The van der Waals surface area contributed by atoms with Gasteiger partial charge in [0, 0.05) is 0 Å². The average Bonchev–Trinajstić information content (AvgIpc) is 2.72.